The summed E-state index contributed by atoms with van der Waals surface area (Å²) in [6.45, 7) is -0.0276. The molecule has 29 heavy (non-hydrogen) atoms. The molecule has 11 heteroatoms. The minimum atomic E-state index is -6.04. The van der Waals surface area contributed by atoms with E-state index in [9.17, 15) is 30.8 Å². The van der Waals surface area contributed by atoms with Crippen molar-refractivity contribution in [3.05, 3.63) is 82.5 Å². The minimum Gasteiger partial charge on any atom is -0.373 e. The molecule has 0 atom stereocenters. The smallest absolute Gasteiger partial charge is 0.373 e. The van der Waals surface area contributed by atoms with Crippen molar-refractivity contribution < 1.29 is 30.2 Å². The predicted molar refractivity (Wildman–Crippen MR) is 95.0 cm³/mol. The van der Waals surface area contributed by atoms with Crippen LogP contribution in [-0.4, -0.2) is 23.7 Å². The van der Waals surface area contributed by atoms with E-state index in [2.05, 4.69) is 9.28 Å². The van der Waals surface area contributed by atoms with Gasteiger partial charge in [0.15, 0.2) is 5.75 Å². The van der Waals surface area contributed by atoms with Crippen molar-refractivity contribution in [3.8, 4) is 16.9 Å². The first-order chi connectivity index (χ1) is 13.6. The number of aromatic nitrogens is 2. The van der Waals surface area contributed by atoms with Gasteiger partial charge in [-0.2, -0.15) is 26.7 Å². The largest absolute Gasteiger partial charge is 0.534 e. The summed E-state index contributed by atoms with van der Waals surface area (Å²) in [6.07, 6.45) is 0.701. The highest BCUT2D eigenvalue weighted by Gasteiger charge is 2.49. The molecule has 0 radical (unpaired) electrons. The number of halogens is 4. The molecular weight excluding hydrogens is 416 g/mol. The number of benzene rings is 2. The number of hydrogen-bond donors (Lipinski definition) is 0. The molecule has 0 spiro atoms. The van der Waals surface area contributed by atoms with Crippen molar-refractivity contribution >= 4 is 10.1 Å². The number of rotatable bonds is 5. The molecule has 152 valence electrons. The zero-order chi connectivity index (χ0) is 21.2. The van der Waals surface area contributed by atoms with Crippen LogP contribution in [-0.2, 0) is 16.7 Å². The third-order valence-corrected chi connectivity index (χ3v) is 4.77. The first-order valence-electron chi connectivity index (χ1n) is 7.99. The lowest BCUT2D eigenvalue weighted by molar-refractivity contribution is -0.0500. The van der Waals surface area contributed by atoms with Gasteiger partial charge >= 0.3 is 15.6 Å². The summed E-state index contributed by atoms with van der Waals surface area (Å²) in [4.78, 5) is 12.9. The predicted octanol–water partition coefficient (Wildman–Crippen LogP) is 3.33. The zero-order valence-electron chi connectivity index (χ0n) is 14.4. The van der Waals surface area contributed by atoms with Crippen LogP contribution < -0.4 is 9.74 Å². The molecule has 0 aliphatic heterocycles. The Morgan fingerprint density at radius 2 is 1.62 bits per heavy atom. The van der Waals surface area contributed by atoms with Crippen LogP contribution >= 0.6 is 0 Å². The standard InChI is InChI=1S/C18H12F4N2O4S/c19-14-8-6-13(7-9-14)16-15(28-29(26,27)18(20,21)22)10-23-24(17(16)25)11-12-4-2-1-3-5-12/h1-10H,11H2. The van der Waals surface area contributed by atoms with Crippen LogP contribution in [0.5, 0.6) is 5.75 Å². The van der Waals surface area contributed by atoms with E-state index in [4.69, 9.17) is 0 Å². The Kier molecular flexibility index (Phi) is 5.42. The summed E-state index contributed by atoms with van der Waals surface area (Å²) in [6, 6.07) is 12.8. The van der Waals surface area contributed by atoms with Crippen molar-refractivity contribution in [1.29, 1.82) is 0 Å². The summed E-state index contributed by atoms with van der Waals surface area (Å²) in [5.74, 6) is -1.57. The lowest BCUT2D eigenvalue weighted by Gasteiger charge is -2.14. The first kappa shape index (κ1) is 20.5. The molecule has 0 fully saturated rings. The average Bonchev–Trinajstić information content (AvgIpc) is 2.65. The molecule has 6 nitrogen and oxygen atoms in total. The van der Waals surface area contributed by atoms with Gasteiger partial charge in [-0.1, -0.05) is 42.5 Å². The van der Waals surface area contributed by atoms with Crippen molar-refractivity contribution in [1.82, 2.24) is 9.78 Å². The van der Waals surface area contributed by atoms with E-state index in [-0.39, 0.29) is 12.1 Å². The highest BCUT2D eigenvalue weighted by molar-refractivity contribution is 7.88. The quantitative estimate of drug-likeness (QED) is 0.354. The van der Waals surface area contributed by atoms with Gasteiger partial charge in [0.1, 0.15) is 5.82 Å². The Morgan fingerprint density at radius 1 is 1.00 bits per heavy atom. The van der Waals surface area contributed by atoms with Gasteiger partial charge in [-0.15, -0.1) is 0 Å². The van der Waals surface area contributed by atoms with Crippen molar-refractivity contribution in [2.75, 3.05) is 0 Å². The summed E-state index contributed by atoms with van der Waals surface area (Å²) in [5.41, 5.74) is -6.47. The molecule has 0 amide bonds. The first-order valence-corrected chi connectivity index (χ1v) is 9.40. The normalized spacial score (nSPS) is 12.0. The van der Waals surface area contributed by atoms with E-state index >= 15 is 0 Å². The highest BCUT2D eigenvalue weighted by atomic mass is 32.2. The maximum absolute atomic E-state index is 13.2. The van der Waals surface area contributed by atoms with E-state index in [0.29, 0.717) is 11.8 Å². The van der Waals surface area contributed by atoms with E-state index in [1.54, 1.807) is 30.3 Å². The van der Waals surface area contributed by atoms with Crippen LogP contribution in [0.15, 0.2) is 65.6 Å². The number of hydrogen-bond acceptors (Lipinski definition) is 5. The molecule has 0 aliphatic carbocycles. The minimum absolute atomic E-state index is 0.0276. The molecule has 2 aromatic carbocycles. The molecule has 0 saturated carbocycles. The van der Waals surface area contributed by atoms with Crippen molar-refractivity contribution in [3.63, 3.8) is 0 Å². The van der Waals surface area contributed by atoms with Gasteiger partial charge in [-0.05, 0) is 23.3 Å². The van der Waals surface area contributed by atoms with Crippen LogP contribution in [0, 0.1) is 5.82 Å². The van der Waals surface area contributed by atoms with Gasteiger partial charge in [0.05, 0.1) is 18.3 Å². The van der Waals surface area contributed by atoms with Gasteiger partial charge in [0.2, 0.25) is 0 Å². The summed E-state index contributed by atoms with van der Waals surface area (Å²) in [7, 11) is -6.04. The van der Waals surface area contributed by atoms with Crippen LogP contribution in [0.3, 0.4) is 0 Å². The maximum Gasteiger partial charge on any atom is 0.534 e. The number of alkyl halides is 3. The zero-order valence-corrected chi connectivity index (χ0v) is 15.2. The lowest BCUT2D eigenvalue weighted by Crippen LogP contribution is -2.30. The SMILES string of the molecule is O=c1c(-c2ccc(F)cc2)c(OS(=O)(=O)C(F)(F)F)cnn1Cc1ccccc1. The third-order valence-electron chi connectivity index (χ3n) is 3.80. The second kappa shape index (κ2) is 7.66. The average molecular weight is 428 g/mol. The molecule has 3 rings (SSSR count). The fourth-order valence-corrected chi connectivity index (χ4v) is 2.91. The van der Waals surface area contributed by atoms with E-state index in [1.165, 1.54) is 0 Å². The van der Waals surface area contributed by atoms with Crippen LogP contribution in [0.4, 0.5) is 17.6 Å². The molecule has 0 unspecified atom stereocenters. The Labute approximate surface area is 162 Å². The fourth-order valence-electron chi connectivity index (χ4n) is 2.45. The van der Waals surface area contributed by atoms with Crippen molar-refractivity contribution in [2.45, 2.75) is 12.1 Å². The van der Waals surface area contributed by atoms with Gasteiger partial charge in [0, 0.05) is 0 Å². The second-order valence-electron chi connectivity index (χ2n) is 5.82. The topological polar surface area (TPSA) is 78.3 Å². The van der Waals surface area contributed by atoms with Gasteiger partial charge in [-0.3, -0.25) is 4.79 Å². The lowest BCUT2D eigenvalue weighted by atomic mass is 10.1. The van der Waals surface area contributed by atoms with E-state index in [1.807, 2.05) is 0 Å². The Hall–Kier alpha value is -3.21. The van der Waals surface area contributed by atoms with Gasteiger partial charge in [-0.25, -0.2) is 9.07 Å². The molecule has 0 aliphatic rings. The Balaban J connectivity index is 2.15. The highest BCUT2D eigenvalue weighted by Crippen LogP contribution is 2.31. The van der Waals surface area contributed by atoms with Crippen LogP contribution in [0.25, 0.3) is 11.1 Å². The molecule has 1 aromatic heterocycles. The maximum atomic E-state index is 13.2. The molecule has 0 bridgehead atoms. The Morgan fingerprint density at radius 3 is 2.21 bits per heavy atom. The molecule has 0 saturated heterocycles. The molecule has 0 N–H and O–H groups in total. The summed E-state index contributed by atoms with van der Waals surface area (Å²) in [5, 5.41) is 3.72. The van der Waals surface area contributed by atoms with Gasteiger partial charge < -0.3 is 4.18 Å². The number of nitrogens with zero attached hydrogens (tertiary/aromatic N) is 2. The van der Waals surface area contributed by atoms with Gasteiger partial charge in [0.25, 0.3) is 5.56 Å². The van der Waals surface area contributed by atoms with E-state index < -0.39 is 38.3 Å². The van der Waals surface area contributed by atoms with Crippen LogP contribution in [0.1, 0.15) is 5.56 Å². The van der Waals surface area contributed by atoms with E-state index in [0.717, 1.165) is 28.9 Å². The summed E-state index contributed by atoms with van der Waals surface area (Å²) >= 11 is 0. The fraction of sp³-hybridized carbons (Fsp3) is 0.111. The second-order valence-corrected chi connectivity index (χ2v) is 7.36. The Bertz CT molecular complexity index is 1180. The summed E-state index contributed by atoms with van der Waals surface area (Å²) < 4.78 is 79.2. The van der Waals surface area contributed by atoms with Crippen LogP contribution in [0.2, 0.25) is 0 Å². The third kappa shape index (κ3) is 4.45. The molecule has 1 heterocycles. The molecular formula is C18H12F4N2O4S. The monoisotopic (exact) mass is 428 g/mol. The van der Waals surface area contributed by atoms with Crippen molar-refractivity contribution in [2.24, 2.45) is 0 Å². The molecule has 3 aromatic rings.